The first-order valence-corrected chi connectivity index (χ1v) is 11.0. The summed E-state index contributed by atoms with van der Waals surface area (Å²) < 4.78 is 5.21. The number of phenols is 1. The number of phenolic OH excluding ortho intramolecular Hbond substituents is 1. The van der Waals surface area contributed by atoms with Gasteiger partial charge in [-0.2, -0.15) is 0 Å². The fourth-order valence-corrected chi connectivity index (χ4v) is 3.78. The molecule has 3 N–H and O–H groups in total. The summed E-state index contributed by atoms with van der Waals surface area (Å²) in [6.07, 6.45) is 2.79. The summed E-state index contributed by atoms with van der Waals surface area (Å²) in [7, 11) is 0. The number of amides is 2. The van der Waals surface area contributed by atoms with Gasteiger partial charge in [0.25, 0.3) is 5.91 Å². The average molecular weight is 460 g/mol. The van der Waals surface area contributed by atoms with Gasteiger partial charge in [0.1, 0.15) is 12.4 Å². The molecule has 0 atom stereocenters. The first-order valence-electron chi connectivity index (χ1n) is 10.2. The molecule has 2 aromatic heterocycles. The Morgan fingerprint density at radius 3 is 2.58 bits per heavy atom. The van der Waals surface area contributed by atoms with Crippen LogP contribution >= 0.6 is 11.3 Å². The summed E-state index contributed by atoms with van der Waals surface area (Å²) >= 11 is 1.58. The molecule has 2 aromatic carbocycles. The van der Waals surface area contributed by atoms with Gasteiger partial charge < -0.3 is 20.5 Å². The van der Waals surface area contributed by atoms with E-state index in [-0.39, 0.29) is 18.3 Å². The summed E-state index contributed by atoms with van der Waals surface area (Å²) in [4.78, 5) is 29.5. The predicted octanol–water partition coefficient (Wildman–Crippen LogP) is 5.19. The van der Waals surface area contributed by atoms with E-state index in [2.05, 4.69) is 15.6 Å². The highest BCUT2D eigenvalue weighted by atomic mass is 32.1. The van der Waals surface area contributed by atoms with Crippen molar-refractivity contribution in [3.8, 4) is 16.2 Å². The van der Waals surface area contributed by atoms with Crippen LogP contribution in [0, 0.1) is 0 Å². The van der Waals surface area contributed by atoms with Crippen molar-refractivity contribution >= 4 is 29.0 Å². The summed E-state index contributed by atoms with van der Waals surface area (Å²) in [5, 5.41) is 17.5. The Balaban J connectivity index is 1.31. The fraction of sp³-hybridized carbons (Fsp3) is 0.0800. The zero-order valence-electron chi connectivity index (χ0n) is 17.5. The van der Waals surface area contributed by atoms with Crippen molar-refractivity contribution in [3.05, 3.63) is 101 Å². The second-order valence-corrected chi connectivity index (χ2v) is 8.10. The predicted molar refractivity (Wildman–Crippen MR) is 127 cm³/mol. The van der Waals surface area contributed by atoms with E-state index in [1.165, 1.54) is 0 Å². The zero-order valence-corrected chi connectivity index (χ0v) is 18.3. The number of nitrogens with zero attached hydrogens (tertiary/aromatic N) is 1. The topological polar surface area (TPSA) is 101 Å². The summed E-state index contributed by atoms with van der Waals surface area (Å²) in [6, 6.07) is 19.4. The van der Waals surface area contributed by atoms with Gasteiger partial charge in [-0.15, -0.1) is 11.3 Å². The largest absolute Gasteiger partial charge is 0.506 e. The number of nitrogens with one attached hydrogen (secondary N) is 2. The monoisotopic (exact) mass is 459 g/mol. The van der Waals surface area contributed by atoms with E-state index in [0.29, 0.717) is 17.8 Å². The van der Waals surface area contributed by atoms with Crippen molar-refractivity contribution in [2.45, 2.75) is 13.2 Å². The number of pyridine rings is 1. The van der Waals surface area contributed by atoms with Crippen LogP contribution in [0.3, 0.4) is 0 Å². The lowest BCUT2D eigenvalue weighted by Crippen LogP contribution is -2.23. The Kier molecular flexibility index (Phi) is 6.96. The molecule has 166 valence electrons. The van der Waals surface area contributed by atoms with Crippen LogP contribution < -0.4 is 10.6 Å². The van der Waals surface area contributed by atoms with Gasteiger partial charge in [0, 0.05) is 29.4 Å². The Morgan fingerprint density at radius 1 is 1.00 bits per heavy atom. The van der Waals surface area contributed by atoms with Crippen molar-refractivity contribution in [1.29, 1.82) is 0 Å². The Hall–Kier alpha value is -4.17. The number of benzene rings is 2. The number of anilines is 1. The van der Waals surface area contributed by atoms with Crippen LogP contribution in [0.4, 0.5) is 10.5 Å². The molecule has 0 fully saturated rings. The van der Waals surface area contributed by atoms with E-state index < -0.39 is 6.09 Å². The lowest BCUT2D eigenvalue weighted by atomic mass is 10.1. The van der Waals surface area contributed by atoms with E-state index >= 15 is 0 Å². The van der Waals surface area contributed by atoms with Gasteiger partial charge in [0.2, 0.25) is 0 Å². The molecule has 7 nitrogen and oxygen atoms in total. The molecule has 2 heterocycles. The Labute approximate surface area is 194 Å². The van der Waals surface area contributed by atoms with Crippen LogP contribution in [0.2, 0.25) is 0 Å². The molecule has 0 aliphatic carbocycles. The van der Waals surface area contributed by atoms with Crippen molar-refractivity contribution in [3.63, 3.8) is 0 Å². The van der Waals surface area contributed by atoms with Crippen LogP contribution in [0.5, 0.6) is 5.75 Å². The third-order valence-electron chi connectivity index (χ3n) is 4.80. The molecule has 0 spiro atoms. The molecule has 2 amide bonds. The number of ether oxygens (including phenoxy) is 1. The summed E-state index contributed by atoms with van der Waals surface area (Å²) in [6.45, 7) is 0.400. The normalized spacial score (nSPS) is 10.4. The molecule has 33 heavy (non-hydrogen) atoms. The number of rotatable bonds is 7. The van der Waals surface area contributed by atoms with Crippen LogP contribution in [0.25, 0.3) is 10.4 Å². The van der Waals surface area contributed by atoms with Crippen molar-refractivity contribution in [2.24, 2.45) is 0 Å². The summed E-state index contributed by atoms with van der Waals surface area (Å²) in [5.74, 6) is -0.360. The maximum atomic E-state index is 12.6. The minimum Gasteiger partial charge on any atom is -0.506 e. The summed E-state index contributed by atoms with van der Waals surface area (Å²) in [5.41, 5.74) is 3.28. The number of aromatic hydroxyl groups is 1. The third-order valence-corrected chi connectivity index (χ3v) is 5.72. The quantitative estimate of drug-likeness (QED) is 0.330. The van der Waals surface area contributed by atoms with E-state index in [1.54, 1.807) is 72.3 Å². The molecule has 0 unspecified atom stereocenters. The smallest absolute Gasteiger partial charge is 0.407 e. The highest BCUT2D eigenvalue weighted by molar-refractivity contribution is 7.13. The third kappa shape index (κ3) is 5.96. The van der Waals surface area contributed by atoms with E-state index in [9.17, 15) is 14.7 Å². The van der Waals surface area contributed by atoms with Crippen LogP contribution in [0.15, 0.2) is 84.5 Å². The second-order valence-electron chi connectivity index (χ2n) is 7.15. The number of carbonyl (C=O) groups is 2. The van der Waals surface area contributed by atoms with Gasteiger partial charge >= 0.3 is 6.09 Å². The number of thiophene rings is 1. The minimum absolute atomic E-state index is 0.00836. The van der Waals surface area contributed by atoms with E-state index in [0.717, 1.165) is 21.6 Å². The lowest BCUT2D eigenvalue weighted by Gasteiger charge is -2.10. The van der Waals surface area contributed by atoms with Crippen LogP contribution in [0.1, 0.15) is 21.5 Å². The average Bonchev–Trinajstić information content (AvgIpc) is 3.39. The molecular formula is C25H21N3O4S. The van der Waals surface area contributed by atoms with Gasteiger partial charge in [-0.25, -0.2) is 4.79 Å². The molecule has 8 heteroatoms. The molecule has 0 aliphatic rings. The highest BCUT2D eigenvalue weighted by Crippen LogP contribution is 2.32. The fourth-order valence-electron chi connectivity index (χ4n) is 3.06. The first kappa shape index (κ1) is 22.0. The first-order chi connectivity index (χ1) is 16.1. The maximum Gasteiger partial charge on any atom is 0.407 e. The Bertz CT molecular complexity index is 1230. The standard InChI is InChI=1S/C25H21N3O4S/c29-22-10-9-20(23-4-2-12-33-23)13-21(22)28-24(30)19-7-5-17(6-8-19)16-32-25(31)27-15-18-3-1-11-26-14-18/h1-14,29H,15-16H2,(H,27,31)(H,28,30). The highest BCUT2D eigenvalue weighted by Gasteiger charge is 2.11. The minimum atomic E-state index is -0.540. The zero-order chi connectivity index (χ0) is 23.0. The van der Waals surface area contributed by atoms with E-state index in [4.69, 9.17) is 4.74 Å². The molecule has 0 saturated heterocycles. The molecular weight excluding hydrogens is 438 g/mol. The molecule has 4 aromatic rings. The van der Waals surface area contributed by atoms with Gasteiger partial charge in [0.05, 0.1) is 5.69 Å². The molecule has 0 radical (unpaired) electrons. The number of carbonyl (C=O) groups excluding carboxylic acids is 2. The van der Waals surface area contributed by atoms with Crippen LogP contribution in [-0.4, -0.2) is 22.1 Å². The molecule has 0 bridgehead atoms. The SMILES string of the molecule is O=C(NCc1cccnc1)OCc1ccc(C(=O)Nc2cc(-c3cccs3)ccc2O)cc1. The van der Waals surface area contributed by atoms with E-state index in [1.807, 2.05) is 23.6 Å². The number of hydrogen-bond donors (Lipinski definition) is 3. The van der Waals surface area contributed by atoms with Crippen LogP contribution in [-0.2, 0) is 17.9 Å². The van der Waals surface area contributed by atoms with Gasteiger partial charge in [-0.1, -0.05) is 24.3 Å². The van der Waals surface area contributed by atoms with Gasteiger partial charge in [-0.3, -0.25) is 9.78 Å². The van der Waals surface area contributed by atoms with Gasteiger partial charge in [0.15, 0.2) is 0 Å². The molecule has 0 saturated carbocycles. The van der Waals surface area contributed by atoms with Gasteiger partial charge in [-0.05, 0) is 64.5 Å². The Morgan fingerprint density at radius 2 is 1.85 bits per heavy atom. The molecule has 4 rings (SSSR count). The van der Waals surface area contributed by atoms with Crippen molar-refractivity contribution in [2.75, 3.05) is 5.32 Å². The second kappa shape index (κ2) is 10.4. The number of hydrogen-bond acceptors (Lipinski definition) is 6. The lowest BCUT2D eigenvalue weighted by molar-refractivity contribution is 0.102. The van der Waals surface area contributed by atoms with Crippen molar-refractivity contribution in [1.82, 2.24) is 10.3 Å². The number of alkyl carbamates (subject to hydrolysis) is 1. The molecule has 0 aliphatic heterocycles. The maximum absolute atomic E-state index is 12.6. The van der Waals surface area contributed by atoms with Crippen molar-refractivity contribution < 1.29 is 19.4 Å². The number of aromatic nitrogens is 1.